The third-order valence-corrected chi connectivity index (χ3v) is 8.04. The van der Waals surface area contributed by atoms with E-state index in [1.807, 2.05) is 45.0 Å². The van der Waals surface area contributed by atoms with Gasteiger partial charge in [0.05, 0.1) is 0 Å². The highest BCUT2D eigenvalue weighted by Crippen LogP contribution is 2.34. The van der Waals surface area contributed by atoms with Gasteiger partial charge in [0.15, 0.2) is 0 Å². The zero-order valence-corrected chi connectivity index (χ0v) is 26.6. The Bertz CT molecular complexity index is 1260. The van der Waals surface area contributed by atoms with Gasteiger partial charge in [0.1, 0.15) is 23.4 Å². The molecule has 2 aromatic carbocycles. The monoisotopic (exact) mass is 591 g/mol. The third kappa shape index (κ3) is 9.60. The highest BCUT2D eigenvalue weighted by atomic mass is 16.6. The molecule has 0 bridgehead atoms. The molecule has 0 aliphatic heterocycles. The summed E-state index contributed by atoms with van der Waals surface area (Å²) in [4.78, 5) is 43.8. The fraction of sp³-hybridized carbons (Fsp3) is 0.514. The van der Waals surface area contributed by atoms with E-state index in [4.69, 9.17) is 4.74 Å². The minimum atomic E-state index is -1.04. The van der Waals surface area contributed by atoms with Crippen LogP contribution in [0.1, 0.15) is 103 Å². The fourth-order valence-corrected chi connectivity index (χ4v) is 5.43. The van der Waals surface area contributed by atoms with E-state index in [-0.39, 0.29) is 24.1 Å². The molecule has 3 N–H and O–H groups in total. The number of phenolic OH excluding ortho intramolecular Hbond substituents is 1. The van der Waals surface area contributed by atoms with Gasteiger partial charge in [-0.3, -0.25) is 9.59 Å². The molecule has 1 saturated carbocycles. The molecule has 1 aliphatic rings. The molecule has 8 nitrogen and oxygen atoms in total. The largest absolute Gasteiger partial charge is 0.508 e. The number of carbonyl (C=O) groups excluding carboxylic acids is 3. The summed E-state index contributed by atoms with van der Waals surface area (Å²) in [5, 5.41) is 15.9. The van der Waals surface area contributed by atoms with Crippen molar-refractivity contribution in [3.05, 3.63) is 71.8 Å². The second-order valence-electron chi connectivity index (χ2n) is 13.1. The number of amides is 3. The number of nitrogens with one attached hydrogen (secondary N) is 2. The smallest absolute Gasteiger partial charge is 0.408 e. The maximum Gasteiger partial charge on any atom is 0.408 e. The normalized spacial score (nSPS) is 15.6. The maximum absolute atomic E-state index is 14.8. The molecular formula is C35H49N3O5. The van der Waals surface area contributed by atoms with Gasteiger partial charge in [0.25, 0.3) is 0 Å². The quantitative estimate of drug-likeness (QED) is 0.270. The van der Waals surface area contributed by atoms with Gasteiger partial charge in [-0.1, -0.05) is 69.2 Å². The Balaban J connectivity index is 2.11. The molecule has 234 valence electrons. The molecule has 8 heteroatoms. The summed E-state index contributed by atoms with van der Waals surface area (Å²) in [6.45, 7) is 15.0. The number of aromatic hydroxyl groups is 1. The molecule has 0 radical (unpaired) electrons. The molecule has 0 heterocycles. The van der Waals surface area contributed by atoms with E-state index in [0.29, 0.717) is 12.0 Å². The van der Waals surface area contributed by atoms with Gasteiger partial charge in [-0.15, -0.1) is 0 Å². The Morgan fingerprint density at radius 1 is 1.05 bits per heavy atom. The number of carbonyl (C=O) groups is 3. The van der Waals surface area contributed by atoms with Crippen LogP contribution < -0.4 is 10.6 Å². The lowest BCUT2D eigenvalue weighted by Crippen LogP contribution is -2.60. The van der Waals surface area contributed by atoms with Crippen LogP contribution in [0, 0.1) is 0 Å². The first kappa shape index (κ1) is 33.7. The second kappa shape index (κ2) is 14.6. The average molecular weight is 592 g/mol. The van der Waals surface area contributed by atoms with Crippen molar-refractivity contribution in [1.82, 2.24) is 15.5 Å². The Labute approximate surface area is 256 Å². The highest BCUT2D eigenvalue weighted by Gasteiger charge is 2.43. The summed E-state index contributed by atoms with van der Waals surface area (Å²) in [6, 6.07) is 12.1. The van der Waals surface area contributed by atoms with Crippen LogP contribution in [0.25, 0.3) is 6.08 Å². The van der Waals surface area contributed by atoms with Gasteiger partial charge in [-0.25, -0.2) is 4.79 Å². The number of rotatable bonds is 11. The van der Waals surface area contributed by atoms with Crippen molar-refractivity contribution in [2.45, 2.75) is 116 Å². The average Bonchev–Trinajstić information content (AvgIpc) is 2.95. The molecule has 2 aromatic rings. The lowest BCUT2D eigenvalue weighted by molar-refractivity contribution is -0.149. The number of hydrogen-bond acceptors (Lipinski definition) is 5. The number of ether oxygens (including phenoxy) is 1. The van der Waals surface area contributed by atoms with Crippen molar-refractivity contribution in [3.8, 4) is 5.75 Å². The molecule has 0 saturated heterocycles. The number of hydrogen-bond donors (Lipinski definition) is 3. The third-order valence-electron chi connectivity index (χ3n) is 8.04. The molecule has 3 amide bonds. The van der Waals surface area contributed by atoms with E-state index in [1.54, 1.807) is 56.0 Å². The summed E-state index contributed by atoms with van der Waals surface area (Å²) in [5.74, 6) is -0.552. The van der Waals surface area contributed by atoms with Gasteiger partial charge in [0.2, 0.25) is 11.8 Å². The van der Waals surface area contributed by atoms with Crippen LogP contribution in [-0.4, -0.2) is 51.1 Å². The van der Waals surface area contributed by atoms with E-state index in [9.17, 15) is 19.5 Å². The number of benzene rings is 2. The Morgan fingerprint density at radius 3 is 2.28 bits per heavy atom. The van der Waals surface area contributed by atoms with Crippen LogP contribution >= 0.6 is 0 Å². The first-order valence-corrected chi connectivity index (χ1v) is 15.4. The summed E-state index contributed by atoms with van der Waals surface area (Å²) in [6.07, 6.45) is 6.76. The van der Waals surface area contributed by atoms with E-state index < -0.39 is 35.2 Å². The first-order valence-electron chi connectivity index (χ1n) is 15.4. The number of nitrogens with zero attached hydrogens (tertiary/aromatic N) is 1. The summed E-state index contributed by atoms with van der Waals surface area (Å²) >= 11 is 0. The van der Waals surface area contributed by atoms with Crippen molar-refractivity contribution >= 4 is 24.0 Å². The van der Waals surface area contributed by atoms with Crippen molar-refractivity contribution in [1.29, 1.82) is 0 Å². The number of phenols is 1. The van der Waals surface area contributed by atoms with Gasteiger partial charge >= 0.3 is 6.09 Å². The van der Waals surface area contributed by atoms with Crippen molar-refractivity contribution in [2.75, 3.05) is 0 Å². The van der Waals surface area contributed by atoms with Crippen LogP contribution in [0.3, 0.4) is 0 Å². The first-order chi connectivity index (χ1) is 20.2. The minimum Gasteiger partial charge on any atom is -0.508 e. The van der Waals surface area contributed by atoms with Gasteiger partial charge < -0.3 is 25.4 Å². The van der Waals surface area contributed by atoms with Crippen LogP contribution in [0.4, 0.5) is 4.79 Å². The number of alkyl carbamates (subject to hydrolysis) is 1. The van der Waals surface area contributed by atoms with Crippen LogP contribution in [0.15, 0.2) is 55.1 Å². The zero-order chi connectivity index (χ0) is 31.8. The molecule has 1 fully saturated rings. The molecule has 0 aromatic heterocycles. The molecule has 1 aliphatic carbocycles. The van der Waals surface area contributed by atoms with Crippen molar-refractivity contribution < 1.29 is 24.2 Å². The predicted molar refractivity (Wildman–Crippen MR) is 170 cm³/mol. The summed E-state index contributed by atoms with van der Waals surface area (Å²) < 4.78 is 5.54. The van der Waals surface area contributed by atoms with E-state index >= 15 is 0 Å². The molecule has 2 unspecified atom stereocenters. The van der Waals surface area contributed by atoms with Crippen LogP contribution in [0.5, 0.6) is 5.75 Å². The second-order valence-corrected chi connectivity index (χ2v) is 13.1. The fourth-order valence-electron chi connectivity index (χ4n) is 5.43. The molecule has 43 heavy (non-hydrogen) atoms. The van der Waals surface area contributed by atoms with Gasteiger partial charge in [-0.2, -0.15) is 0 Å². The van der Waals surface area contributed by atoms with Crippen molar-refractivity contribution in [3.63, 3.8) is 0 Å². The van der Waals surface area contributed by atoms with E-state index in [2.05, 4.69) is 17.2 Å². The Morgan fingerprint density at radius 2 is 1.70 bits per heavy atom. The zero-order valence-electron chi connectivity index (χ0n) is 26.6. The topological polar surface area (TPSA) is 108 Å². The lowest BCUT2D eigenvalue weighted by Gasteiger charge is -2.45. The lowest BCUT2D eigenvalue weighted by atomic mass is 9.90. The predicted octanol–water partition coefficient (Wildman–Crippen LogP) is 6.68. The van der Waals surface area contributed by atoms with Gasteiger partial charge in [0, 0.05) is 18.0 Å². The standard InChI is InChI=1S/C35H49N3O5/c1-8-24-14-13-15-26(22-24)30(31(40)36-27-16-11-10-12-17-27)38(35(6,7)9-2)32(41)29(37-33(42)43-34(3,4)5)23-25-18-20-28(39)21-19-25/h8,13-15,18-22,27,29-30,39H,1,9-12,16-17,23H2,2-7H3,(H,36,40)(H,37,42). The Hall–Kier alpha value is -3.81. The summed E-state index contributed by atoms with van der Waals surface area (Å²) in [5.41, 5.74) is 0.701. The van der Waals surface area contributed by atoms with E-state index in [0.717, 1.165) is 43.2 Å². The molecule has 3 rings (SSSR count). The Kier molecular flexibility index (Phi) is 11.4. The van der Waals surface area contributed by atoms with Crippen LogP contribution in [-0.2, 0) is 20.7 Å². The van der Waals surface area contributed by atoms with Crippen molar-refractivity contribution in [2.24, 2.45) is 0 Å². The molecular weight excluding hydrogens is 542 g/mol. The molecule has 0 spiro atoms. The SMILES string of the molecule is C=Cc1cccc(C(C(=O)NC2CCCCC2)N(C(=O)C(Cc2ccc(O)cc2)NC(=O)OC(C)(C)C)C(C)(C)CC)c1. The van der Waals surface area contributed by atoms with Crippen LogP contribution in [0.2, 0.25) is 0 Å². The highest BCUT2D eigenvalue weighted by molar-refractivity contribution is 5.93. The van der Waals surface area contributed by atoms with E-state index in [1.165, 1.54) is 0 Å². The molecule has 2 atom stereocenters. The minimum absolute atomic E-state index is 0.0423. The summed E-state index contributed by atoms with van der Waals surface area (Å²) in [7, 11) is 0. The van der Waals surface area contributed by atoms with Gasteiger partial charge in [-0.05, 0) is 88.8 Å². The maximum atomic E-state index is 14.8.